The van der Waals surface area contributed by atoms with Crippen molar-refractivity contribution >= 4 is 22.5 Å². The third-order valence-corrected chi connectivity index (χ3v) is 10.8. The number of hydrogen-bond donors (Lipinski definition) is 0. The second-order valence-electron chi connectivity index (χ2n) is 14.3. The number of hydrogen-bond acceptors (Lipinski definition) is 5. The largest absolute Gasteiger partial charge is 0.494 e. The Kier molecular flexibility index (Phi) is 12.6. The number of fused-ring (bicyclic) bond motifs is 4. The smallest absolute Gasteiger partial charge is 0.263 e. The molecule has 0 radical (unpaired) electrons. The van der Waals surface area contributed by atoms with E-state index in [0.717, 1.165) is 43.9 Å². The normalized spacial score (nSPS) is 18.1. The quantitative estimate of drug-likeness (QED) is 0.0773. The second-order valence-corrected chi connectivity index (χ2v) is 14.3. The minimum Gasteiger partial charge on any atom is -0.494 e. The molecule has 10 heteroatoms. The predicted octanol–water partition coefficient (Wildman–Crippen LogP) is 7.98. The zero-order chi connectivity index (χ0) is 36.5. The first-order chi connectivity index (χ1) is 25.3. The Morgan fingerprint density at radius 2 is 1.44 bits per heavy atom. The maximum Gasteiger partial charge on any atom is 0.263 e. The van der Waals surface area contributed by atoms with Crippen LogP contribution in [0.4, 0.5) is 14.5 Å². The van der Waals surface area contributed by atoms with Gasteiger partial charge in [0.2, 0.25) is 5.43 Å². The molecule has 3 saturated heterocycles. The average Bonchev–Trinajstić information content (AvgIpc) is 3.15. The molecular weight excluding hydrogens is 662 g/mol. The third kappa shape index (κ3) is 9.01. The highest BCUT2D eigenvalue weighted by Gasteiger charge is 2.37. The number of rotatable bonds is 18. The van der Waals surface area contributed by atoms with Crippen molar-refractivity contribution in [2.75, 3.05) is 70.5 Å². The molecule has 2 bridgehead atoms. The SMILES string of the molecule is CCCCOc1cccc(-n2cc(C(=O)N(CC)c3cc(F)cc(F)c3)c(=O)c3ccc(OCCCCCCCC[N+]45CCN(CC4)CC5)cc32)c1. The van der Waals surface area contributed by atoms with Gasteiger partial charge in [-0.05, 0) is 69.0 Å². The number of quaternary nitrogens is 1. The topological polar surface area (TPSA) is 64.0 Å². The molecule has 3 aromatic carbocycles. The van der Waals surface area contributed by atoms with E-state index in [1.165, 1.54) is 87.1 Å². The van der Waals surface area contributed by atoms with Crippen molar-refractivity contribution in [2.24, 2.45) is 0 Å². The average molecular weight is 716 g/mol. The van der Waals surface area contributed by atoms with Crippen molar-refractivity contribution in [1.82, 2.24) is 9.47 Å². The molecule has 1 amide bonds. The lowest BCUT2D eigenvalue weighted by Crippen LogP contribution is -2.67. The summed E-state index contributed by atoms with van der Waals surface area (Å²) in [6, 6.07) is 15.7. The number of aromatic nitrogens is 1. The first kappa shape index (κ1) is 37.5. The molecule has 3 aliphatic rings. The number of amides is 1. The Morgan fingerprint density at radius 1 is 0.788 bits per heavy atom. The van der Waals surface area contributed by atoms with Crippen LogP contribution in [0.25, 0.3) is 16.6 Å². The van der Waals surface area contributed by atoms with Crippen LogP contribution in [0.15, 0.2) is 71.7 Å². The summed E-state index contributed by atoms with van der Waals surface area (Å²) in [6.45, 7) is 14.2. The number of benzene rings is 3. The summed E-state index contributed by atoms with van der Waals surface area (Å²) in [5.74, 6) is -0.961. The Morgan fingerprint density at radius 3 is 2.13 bits per heavy atom. The summed E-state index contributed by atoms with van der Waals surface area (Å²) in [6.07, 6.45) is 10.5. The van der Waals surface area contributed by atoms with Gasteiger partial charge >= 0.3 is 0 Å². The van der Waals surface area contributed by atoms with E-state index in [-0.39, 0.29) is 17.8 Å². The van der Waals surface area contributed by atoms with E-state index in [0.29, 0.717) is 41.3 Å². The number of nitrogens with zero attached hydrogens (tertiary/aromatic N) is 4. The number of halogens is 2. The van der Waals surface area contributed by atoms with Crippen LogP contribution < -0.4 is 19.8 Å². The van der Waals surface area contributed by atoms with Crippen LogP contribution in [-0.4, -0.2) is 85.4 Å². The van der Waals surface area contributed by atoms with Gasteiger partial charge in [0.05, 0.1) is 44.9 Å². The standard InChI is InChI=1S/C42H53F2N4O4/c1-3-5-24-51-36-14-12-13-34(29-36)47-31-39(42(50)46(4-2)35-27-32(43)26-33(44)28-35)41(49)38-16-15-37(30-40(38)47)52-25-11-9-7-6-8-10-20-48-21-17-45(18-22-48)19-23-48/h12-16,26-31H,3-11,17-25H2,1-2H3/q+1. The van der Waals surface area contributed by atoms with Gasteiger partial charge in [-0.15, -0.1) is 0 Å². The van der Waals surface area contributed by atoms with Gasteiger partial charge in [-0.3, -0.25) is 14.5 Å². The minimum atomic E-state index is -0.807. The van der Waals surface area contributed by atoms with E-state index >= 15 is 0 Å². The van der Waals surface area contributed by atoms with Crippen LogP contribution in [0.3, 0.4) is 0 Å². The molecule has 0 spiro atoms. The highest BCUT2D eigenvalue weighted by Crippen LogP contribution is 2.27. The number of ether oxygens (including phenoxy) is 2. The van der Waals surface area contributed by atoms with E-state index in [9.17, 15) is 18.4 Å². The third-order valence-electron chi connectivity index (χ3n) is 10.8. The monoisotopic (exact) mass is 715 g/mol. The summed E-state index contributed by atoms with van der Waals surface area (Å²) in [7, 11) is 0. The number of pyridine rings is 1. The van der Waals surface area contributed by atoms with E-state index in [4.69, 9.17) is 9.47 Å². The molecule has 8 nitrogen and oxygen atoms in total. The molecule has 4 heterocycles. The van der Waals surface area contributed by atoms with Crippen molar-refractivity contribution in [1.29, 1.82) is 0 Å². The van der Waals surface area contributed by atoms with Gasteiger partial charge < -0.3 is 23.4 Å². The maximum atomic E-state index is 14.2. The molecule has 0 N–H and O–H groups in total. The van der Waals surface area contributed by atoms with Crippen LogP contribution in [0, 0.1) is 11.6 Å². The summed E-state index contributed by atoms with van der Waals surface area (Å²) >= 11 is 0. The molecule has 278 valence electrons. The molecule has 4 aromatic rings. The van der Waals surface area contributed by atoms with Crippen molar-refractivity contribution in [2.45, 2.75) is 65.2 Å². The summed E-state index contributed by atoms with van der Waals surface area (Å²) in [5, 5.41) is 0.328. The minimum absolute atomic E-state index is 0.0369. The number of unbranched alkanes of at least 4 members (excludes halogenated alkanes) is 6. The van der Waals surface area contributed by atoms with Gasteiger partial charge in [0, 0.05) is 67.3 Å². The van der Waals surface area contributed by atoms with Crippen LogP contribution in [0.2, 0.25) is 0 Å². The molecule has 52 heavy (non-hydrogen) atoms. The Hall–Kier alpha value is -4.28. The predicted molar refractivity (Wildman–Crippen MR) is 203 cm³/mol. The fourth-order valence-electron chi connectivity index (χ4n) is 7.62. The number of anilines is 1. The Bertz CT molecular complexity index is 1850. The Balaban J connectivity index is 1.16. The second kappa shape index (κ2) is 17.5. The first-order valence-corrected chi connectivity index (χ1v) is 19.2. The molecule has 3 aliphatic heterocycles. The lowest BCUT2D eigenvalue weighted by Gasteiger charge is -2.50. The molecule has 0 unspecified atom stereocenters. The number of piperazine rings is 3. The first-order valence-electron chi connectivity index (χ1n) is 19.2. The molecule has 0 saturated carbocycles. The van der Waals surface area contributed by atoms with Crippen molar-refractivity contribution in [3.8, 4) is 17.2 Å². The van der Waals surface area contributed by atoms with Crippen LogP contribution in [0.5, 0.6) is 11.5 Å². The summed E-state index contributed by atoms with van der Waals surface area (Å²) in [4.78, 5) is 31.7. The van der Waals surface area contributed by atoms with Gasteiger partial charge in [-0.1, -0.05) is 38.7 Å². The van der Waals surface area contributed by atoms with E-state index in [2.05, 4.69) is 11.8 Å². The van der Waals surface area contributed by atoms with E-state index in [1.54, 1.807) is 23.6 Å². The molecular formula is C42H53F2N4O4+. The Labute approximate surface area is 306 Å². The van der Waals surface area contributed by atoms with Gasteiger partial charge in [-0.2, -0.15) is 0 Å². The molecule has 0 aliphatic carbocycles. The molecule has 7 rings (SSSR count). The lowest BCUT2D eigenvalue weighted by atomic mass is 10.1. The number of carbonyl (C=O) groups excluding carboxylic acids is 1. The van der Waals surface area contributed by atoms with E-state index < -0.39 is 23.0 Å². The molecule has 3 fully saturated rings. The fourth-order valence-corrected chi connectivity index (χ4v) is 7.62. The zero-order valence-electron chi connectivity index (χ0n) is 30.8. The molecule has 0 atom stereocenters. The van der Waals surface area contributed by atoms with E-state index in [1.807, 2.05) is 30.3 Å². The van der Waals surface area contributed by atoms with Gasteiger partial charge in [0.25, 0.3) is 5.91 Å². The lowest BCUT2D eigenvalue weighted by molar-refractivity contribution is -0.941. The van der Waals surface area contributed by atoms with Crippen molar-refractivity contribution in [3.05, 3.63) is 94.3 Å². The molecule has 1 aromatic heterocycles. The summed E-state index contributed by atoms with van der Waals surface area (Å²) < 4.78 is 43.6. The van der Waals surface area contributed by atoms with Crippen LogP contribution >= 0.6 is 0 Å². The van der Waals surface area contributed by atoms with Crippen molar-refractivity contribution < 1.29 is 27.5 Å². The highest BCUT2D eigenvalue weighted by molar-refractivity contribution is 6.07. The fraction of sp³-hybridized carbons (Fsp3) is 0.476. The van der Waals surface area contributed by atoms with Gasteiger partial charge in [0.15, 0.2) is 0 Å². The van der Waals surface area contributed by atoms with Gasteiger partial charge in [0.1, 0.15) is 28.7 Å². The maximum absolute atomic E-state index is 14.2. The van der Waals surface area contributed by atoms with Gasteiger partial charge in [-0.25, -0.2) is 8.78 Å². The van der Waals surface area contributed by atoms with Crippen LogP contribution in [-0.2, 0) is 0 Å². The zero-order valence-corrected chi connectivity index (χ0v) is 30.8. The highest BCUT2D eigenvalue weighted by atomic mass is 19.1. The number of carbonyl (C=O) groups is 1. The van der Waals surface area contributed by atoms with Crippen molar-refractivity contribution in [3.63, 3.8) is 0 Å². The van der Waals surface area contributed by atoms with Crippen LogP contribution in [0.1, 0.15) is 75.6 Å². The summed E-state index contributed by atoms with van der Waals surface area (Å²) in [5.41, 5.74) is 0.715.